The van der Waals surface area contributed by atoms with E-state index >= 15 is 0 Å². The lowest BCUT2D eigenvalue weighted by Crippen LogP contribution is -2.28. The van der Waals surface area contributed by atoms with E-state index in [9.17, 15) is 9.59 Å². The molecule has 1 aromatic rings. The zero-order chi connectivity index (χ0) is 15.2. The van der Waals surface area contributed by atoms with Crippen LogP contribution in [0.4, 0.5) is 0 Å². The number of esters is 1. The number of rotatable bonds is 3. The second-order valence-electron chi connectivity index (χ2n) is 4.86. The van der Waals surface area contributed by atoms with Crippen molar-refractivity contribution in [3.63, 3.8) is 0 Å². The highest BCUT2D eigenvalue weighted by molar-refractivity contribution is 5.92. The third-order valence-electron chi connectivity index (χ3n) is 3.47. The summed E-state index contributed by atoms with van der Waals surface area (Å²) in [6.07, 6.45) is 3.78. The van der Waals surface area contributed by atoms with Gasteiger partial charge in [0.25, 0.3) is 0 Å². The number of ether oxygens (including phenoxy) is 1. The van der Waals surface area contributed by atoms with Gasteiger partial charge in [0.1, 0.15) is 0 Å². The van der Waals surface area contributed by atoms with Crippen molar-refractivity contribution in [1.29, 1.82) is 5.26 Å². The third kappa shape index (κ3) is 3.69. The van der Waals surface area contributed by atoms with Crippen molar-refractivity contribution < 1.29 is 14.3 Å². The van der Waals surface area contributed by atoms with E-state index in [4.69, 9.17) is 10.00 Å². The number of methoxy groups -OCH3 is 1. The smallest absolute Gasteiger partial charge is 0.310 e. The monoisotopic (exact) mass is 284 g/mol. The van der Waals surface area contributed by atoms with Crippen molar-refractivity contribution in [3.05, 3.63) is 41.5 Å². The Bertz CT molecular complexity index is 616. The van der Waals surface area contributed by atoms with E-state index in [0.717, 1.165) is 5.56 Å². The van der Waals surface area contributed by atoms with Crippen LogP contribution in [0.25, 0.3) is 6.08 Å². The molecule has 1 saturated heterocycles. The molecule has 5 nitrogen and oxygen atoms in total. The van der Waals surface area contributed by atoms with Crippen molar-refractivity contribution >= 4 is 18.0 Å². The Morgan fingerprint density at radius 2 is 2.29 bits per heavy atom. The number of amides is 1. The molecule has 2 rings (SSSR count). The van der Waals surface area contributed by atoms with Crippen molar-refractivity contribution in [1.82, 2.24) is 4.90 Å². The molecular formula is C16H16N2O3. The highest BCUT2D eigenvalue weighted by Crippen LogP contribution is 2.18. The van der Waals surface area contributed by atoms with Crippen LogP contribution in [0.5, 0.6) is 0 Å². The number of carbonyl (C=O) groups is 2. The molecule has 1 fully saturated rings. The maximum absolute atomic E-state index is 12.1. The van der Waals surface area contributed by atoms with E-state index in [1.807, 2.05) is 6.07 Å². The summed E-state index contributed by atoms with van der Waals surface area (Å²) < 4.78 is 4.69. The third-order valence-corrected chi connectivity index (χ3v) is 3.47. The van der Waals surface area contributed by atoms with Gasteiger partial charge < -0.3 is 9.64 Å². The zero-order valence-electron chi connectivity index (χ0n) is 11.8. The molecule has 0 aromatic heterocycles. The van der Waals surface area contributed by atoms with Crippen molar-refractivity contribution in [3.8, 4) is 6.07 Å². The van der Waals surface area contributed by atoms with Crippen LogP contribution in [0, 0.1) is 17.2 Å². The maximum atomic E-state index is 12.1. The first-order chi connectivity index (χ1) is 10.1. The highest BCUT2D eigenvalue weighted by atomic mass is 16.5. The number of carbonyl (C=O) groups excluding carboxylic acids is 2. The Kier molecular flexibility index (Phi) is 4.72. The lowest BCUT2D eigenvalue weighted by atomic mass is 10.1. The van der Waals surface area contributed by atoms with Crippen LogP contribution in [0.2, 0.25) is 0 Å². The summed E-state index contributed by atoms with van der Waals surface area (Å²) in [6, 6.07) is 9.07. The molecule has 0 saturated carbocycles. The first-order valence-corrected chi connectivity index (χ1v) is 6.69. The fourth-order valence-corrected chi connectivity index (χ4v) is 2.30. The first-order valence-electron chi connectivity index (χ1n) is 6.69. The minimum atomic E-state index is -0.268. The Hall–Kier alpha value is -2.61. The molecule has 0 spiro atoms. The van der Waals surface area contributed by atoms with Gasteiger partial charge in [-0.1, -0.05) is 12.1 Å². The number of hydrogen-bond acceptors (Lipinski definition) is 4. The summed E-state index contributed by atoms with van der Waals surface area (Å²) in [7, 11) is 1.36. The molecule has 21 heavy (non-hydrogen) atoms. The molecule has 1 aliphatic heterocycles. The van der Waals surface area contributed by atoms with Crippen LogP contribution in [0.15, 0.2) is 30.3 Å². The molecule has 1 unspecified atom stereocenters. The Balaban J connectivity index is 1.97. The van der Waals surface area contributed by atoms with Gasteiger partial charge in [-0.2, -0.15) is 5.26 Å². The molecular weight excluding hydrogens is 268 g/mol. The van der Waals surface area contributed by atoms with Crippen LogP contribution >= 0.6 is 0 Å². The van der Waals surface area contributed by atoms with Gasteiger partial charge in [0, 0.05) is 19.2 Å². The lowest BCUT2D eigenvalue weighted by Gasteiger charge is -2.13. The van der Waals surface area contributed by atoms with Gasteiger partial charge in [0.15, 0.2) is 0 Å². The Morgan fingerprint density at radius 3 is 3.00 bits per heavy atom. The molecule has 0 N–H and O–H groups in total. The molecule has 108 valence electrons. The molecule has 0 radical (unpaired) electrons. The molecule has 1 heterocycles. The van der Waals surface area contributed by atoms with Crippen LogP contribution < -0.4 is 0 Å². The average Bonchev–Trinajstić information content (AvgIpc) is 3.02. The van der Waals surface area contributed by atoms with Crippen LogP contribution in [0.1, 0.15) is 17.5 Å². The normalized spacial score (nSPS) is 17.7. The fourth-order valence-electron chi connectivity index (χ4n) is 2.30. The van der Waals surface area contributed by atoms with E-state index < -0.39 is 0 Å². The number of likely N-dealkylation sites (tertiary alicyclic amines) is 1. The molecule has 0 aliphatic carbocycles. The van der Waals surface area contributed by atoms with Crippen molar-refractivity contribution in [2.24, 2.45) is 5.92 Å². The molecule has 1 aromatic carbocycles. The maximum Gasteiger partial charge on any atom is 0.310 e. The summed E-state index contributed by atoms with van der Waals surface area (Å²) in [5.74, 6) is -0.631. The minimum Gasteiger partial charge on any atom is -0.469 e. The molecule has 0 bridgehead atoms. The number of hydrogen-bond donors (Lipinski definition) is 0. The fraction of sp³-hybridized carbons (Fsp3) is 0.312. The lowest BCUT2D eigenvalue weighted by molar-refractivity contribution is -0.145. The summed E-state index contributed by atoms with van der Waals surface area (Å²) >= 11 is 0. The predicted molar refractivity (Wildman–Crippen MR) is 76.9 cm³/mol. The molecule has 1 aliphatic rings. The first kappa shape index (κ1) is 14.8. The zero-order valence-corrected chi connectivity index (χ0v) is 11.8. The van der Waals surface area contributed by atoms with E-state index in [1.54, 1.807) is 29.2 Å². The number of nitriles is 1. The van der Waals surface area contributed by atoms with Gasteiger partial charge in [-0.15, -0.1) is 0 Å². The van der Waals surface area contributed by atoms with Gasteiger partial charge in [-0.05, 0) is 30.2 Å². The SMILES string of the molecule is COC(=O)C1CCN(C(=O)/C=C/c2cccc(C#N)c2)C1. The number of benzene rings is 1. The van der Waals surface area contributed by atoms with Gasteiger partial charge in [0.05, 0.1) is 24.7 Å². The minimum absolute atomic E-state index is 0.135. The largest absolute Gasteiger partial charge is 0.469 e. The van der Waals surface area contributed by atoms with Crippen molar-refractivity contribution in [2.45, 2.75) is 6.42 Å². The summed E-state index contributed by atoms with van der Waals surface area (Å²) in [5.41, 5.74) is 1.35. The Labute approximate surface area is 123 Å². The highest BCUT2D eigenvalue weighted by Gasteiger charge is 2.30. The standard InChI is InChI=1S/C16H16N2O3/c1-21-16(20)14-7-8-18(11-14)15(19)6-5-12-3-2-4-13(9-12)10-17/h2-6,9,14H,7-8,11H2,1H3/b6-5+. The number of nitrogens with zero attached hydrogens (tertiary/aromatic N) is 2. The van der Waals surface area contributed by atoms with E-state index in [0.29, 0.717) is 25.1 Å². The summed E-state index contributed by atoms with van der Waals surface area (Å²) in [4.78, 5) is 25.1. The second kappa shape index (κ2) is 6.71. The van der Waals surface area contributed by atoms with Gasteiger partial charge in [-0.3, -0.25) is 9.59 Å². The topological polar surface area (TPSA) is 70.4 Å². The van der Waals surface area contributed by atoms with Gasteiger partial charge in [0.2, 0.25) is 5.91 Å². The second-order valence-corrected chi connectivity index (χ2v) is 4.86. The molecule has 5 heteroatoms. The van der Waals surface area contributed by atoms with E-state index in [-0.39, 0.29) is 17.8 Å². The van der Waals surface area contributed by atoms with Crippen LogP contribution in [0.3, 0.4) is 0 Å². The van der Waals surface area contributed by atoms with Gasteiger partial charge >= 0.3 is 5.97 Å². The van der Waals surface area contributed by atoms with Crippen molar-refractivity contribution in [2.75, 3.05) is 20.2 Å². The van der Waals surface area contributed by atoms with Gasteiger partial charge in [-0.25, -0.2) is 0 Å². The average molecular weight is 284 g/mol. The van der Waals surface area contributed by atoms with E-state index in [2.05, 4.69) is 6.07 Å². The predicted octanol–water partition coefficient (Wildman–Crippen LogP) is 1.59. The van der Waals surface area contributed by atoms with Crippen LogP contribution in [-0.2, 0) is 14.3 Å². The van der Waals surface area contributed by atoms with E-state index in [1.165, 1.54) is 13.2 Å². The summed E-state index contributed by atoms with van der Waals surface area (Å²) in [5, 5.41) is 8.82. The molecule has 1 atom stereocenters. The Morgan fingerprint density at radius 1 is 1.48 bits per heavy atom. The summed E-state index contributed by atoms with van der Waals surface area (Å²) in [6.45, 7) is 0.954. The quantitative estimate of drug-likeness (QED) is 0.624. The van der Waals surface area contributed by atoms with Crippen LogP contribution in [-0.4, -0.2) is 37.0 Å². The molecule has 1 amide bonds.